The summed E-state index contributed by atoms with van der Waals surface area (Å²) in [5, 5.41) is 16.0. The molecule has 1 heterocycles. The summed E-state index contributed by atoms with van der Waals surface area (Å²) in [5.41, 5.74) is 0. The van der Waals surface area contributed by atoms with E-state index < -0.39 is 11.9 Å². The van der Waals surface area contributed by atoms with Crippen LogP contribution in [0.5, 0.6) is 0 Å². The van der Waals surface area contributed by atoms with Gasteiger partial charge in [0.1, 0.15) is 0 Å². The van der Waals surface area contributed by atoms with Crippen molar-refractivity contribution in [3.63, 3.8) is 0 Å². The third-order valence-corrected chi connectivity index (χ3v) is 2.60. The number of amides is 3. The molecule has 1 aromatic heterocycles. The lowest BCUT2D eigenvalue weighted by atomic mass is 10.4. The number of nitrogens with one attached hydrogen (secondary N) is 2. The number of hydrogen-bond donors (Lipinski definition) is 2. The molecule has 1 aromatic rings. The Kier molecular flexibility index (Phi) is 4.88. The van der Waals surface area contributed by atoms with E-state index >= 15 is 0 Å². The SMILES string of the molecule is CC(C)NC(=O)NC(=O)CSc1nnnn1C. The zero-order valence-electron chi connectivity index (χ0n) is 9.80. The van der Waals surface area contributed by atoms with Gasteiger partial charge in [-0.1, -0.05) is 11.8 Å². The van der Waals surface area contributed by atoms with E-state index in [1.54, 1.807) is 7.05 Å². The first kappa shape index (κ1) is 13.4. The third-order valence-electron chi connectivity index (χ3n) is 1.59. The molecule has 0 aliphatic carbocycles. The van der Waals surface area contributed by atoms with E-state index in [1.807, 2.05) is 13.8 Å². The molecule has 0 unspecified atom stereocenters. The molecule has 17 heavy (non-hydrogen) atoms. The van der Waals surface area contributed by atoms with E-state index in [1.165, 1.54) is 4.68 Å². The number of imide groups is 1. The standard InChI is InChI=1S/C8H14N6O2S/c1-5(2)9-7(16)10-6(15)4-17-8-11-12-13-14(8)3/h5H,4H2,1-3H3,(H2,9,10,15,16). The fourth-order valence-corrected chi connectivity index (χ4v) is 1.58. The predicted octanol–water partition coefficient (Wildman–Crippen LogP) is -0.464. The Balaban J connectivity index is 2.31. The second-order valence-corrected chi connectivity index (χ2v) is 4.49. The summed E-state index contributed by atoms with van der Waals surface area (Å²) >= 11 is 1.16. The maximum Gasteiger partial charge on any atom is 0.321 e. The highest BCUT2D eigenvalue weighted by molar-refractivity contribution is 7.99. The van der Waals surface area contributed by atoms with Gasteiger partial charge in [0, 0.05) is 13.1 Å². The average Bonchev–Trinajstić information content (AvgIpc) is 2.59. The van der Waals surface area contributed by atoms with E-state index in [0.717, 1.165) is 11.8 Å². The van der Waals surface area contributed by atoms with Gasteiger partial charge in [0.05, 0.1) is 5.75 Å². The fourth-order valence-electron chi connectivity index (χ4n) is 0.935. The van der Waals surface area contributed by atoms with E-state index in [9.17, 15) is 9.59 Å². The monoisotopic (exact) mass is 258 g/mol. The van der Waals surface area contributed by atoms with Crippen molar-refractivity contribution in [2.24, 2.45) is 7.05 Å². The molecule has 0 atom stereocenters. The van der Waals surface area contributed by atoms with E-state index in [4.69, 9.17) is 0 Å². The number of carbonyl (C=O) groups excluding carboxylic acids is 2. The largest absolute Gasteiger partial charge is 0.336 e. The lowest BCUT2D eigenvalue weighted by Gasteiger charge is -2.08. The van der Waals surface area contributed by atoms with Crippen molar-refractivity contribution in [1.82, 2.24) is 30.8 Å². The number of thioether (sulfide) groups is 1. The maximum atomic E-state index is 11.4. The Labute approximate surface area is 103 Å². The molecule has 0 saturated carbocycles. The number of rotatable bonds is 4. The van der Waals surface area contributed by atoms with Crippen LogP contribution < -0.4 is 10.6 Å². The van der Waals surface area contributed by atoms with Crippen molar-refractivity contribution in [2.75, 3.05) is 5.75 Å². The van der Waals surface area contributed by atoms with Gasteiger partial charge in [0.2, 0.25) is 11.1 Å². The summed E-state index contributed by atoms with van der Waals surface area (Å²) < 4.78 is 1.45. The summed E-state index contributed by atoms with van der Waals surface area (Å²) in [7, 11) is 1.67. The van der Waals surface area contributed by atoms with Gasteiger partial charge in [-0.2, -0.15) is 0 Å². The van der Waals surface area contributed by atoms with Gasteiger partial charge in [-0.3, -0.25) is 10.1 Å². The molecule has 0 fully saturated rings. The van der Waals surface area contributed by atoms with Gasteiger partial charge in [0.25, 0.3) is 0 Å². The lowest BCUT2D eigenvalue weighted by molar-refractivity contribution is -0.117. The van der Waals surface area contributed by atoms with Gasteiger partial charge in [-0.25, -0.2) is 9.48 Å². The van der Waals surface area contributed by atoms with Crippen LogP contribution in [-0.2, 0) is 11.8 Å². The molecule has 1 rings (SSSR count). The molecule has 0 saturated heterocycles. The molecular formula is C8H14N6O2S. The quantitative estimate of drug-likeness (QED) is 0.708. The minimum atomic E-state index is -0.498. The molecule has 9 heteroatoms. The van der Waals surface area contributed by atoms with Crippen LogP contribution in [-0.4, -0.2) is 43.9 Å². The first-order chi connectivity index (χ1) is 7.99. The summed E-state index contributed by atoms with van der Waals surface area (Å²) in [5.74, 6) is -0.309. The van der Waals surface area contributed by atoms with Crippen LogP contribution in [0.25, 0.3) is 0 Å². The predicted molar refractivity (Wildman–Crippen MR) is 61.3 cm³/mol. The van der Waals surface area contributed by atoms with Crippen molar-refractivity contribution in [2.45, 2.75) is 25.0 Å². The minimum Gasteiger partial charge on any atom is -0.336 e. The van der Waals surface area contributed by atoms with Crippen LogP contribution in [0.4, 0.5) is 4.79 Å². The molecule has 0 bridgehead atoms. The number of nitrogens with zero attached hydrogens (tertiary/aromatic N) is 4. The first-order valence-electron chi connectivity index (χ1n) is 4.94. The summed E-state index contributed by atoms with van der Waals surface area (Å²) in [6.07, 6.45) is 0. The fraction of sp³-hybridized carbons (Fsp3) is 0.625. The van der Waals surface area contributed by atoms with Gasteiger partial charge in [-0.05, 0) is 24.3 Å². The van der Waals surface area contributed by atoms with Crippen molar-refractivity contribution < 1.29 is 9.59 Å². The number of hydrogen-bond acceptors (Lipinski definition) is 6. The van der Waals surface area contributed by atoms with Gasteiger partial charge < -0.3 is 5.32 Å². The number of aryl methyl sites for hydroxylation is 1. The van der Waals surface area contributed by atoms with E-state index in [2.05, 4.69) is 26.2 Å². The van der Waals surface area contributed by atoms with Crippen LogP contribution in [0.15, 0.2) is 5.16 Å². The van der Waals surface area contributed by atoms with Crippen molar-refractivity contribution >= 4 is 23.7 Å². The normalized spacial score (nSPS) is 10.4. The zero-order valence-corrected chi connectivity index (χ0v) is 10.6. The second-order valence-electron chi connectivity index (χ2n) is 3.55. The van der Waals surface area contributed by atoms with Crippen LogP contribution in [0.1, 0.15) is 13.8 Å². The molecule has 0 spiro atoms. The first-order valence-corrected chi connectivity index (χ1v) is 5.93. The number of urea groups is 1. The molecule has 3 amide bonds. The second kappa shape index (κ2) is 6.18. The Morgan fingerprint density at radius 2 is 2.18 bits per heavy atom. The Hall–Kier alpha value is -1.64. The van der Waals surface area contributed by atoms with Gasteiger partial charge in [-0.15, -0.1) is 5.10 Å². The molecule has 0 aromatic carbocycles. The van der Waals surface area contributed by atoms with Crippen LogP contribution in [0.3, 0.4) is 0 Å². The highest BCUT2D eigenvalue weighted by Gasteiger charge is 2.11. The number of aromatic nitrogens is 4. The zero-order chi connectivity index (χ0) is 12.8. The molecular weight excluding hydrogens is 244 g/mol. The topological polar surface area (TPSA) is 102 Å². The van der Waals surface area contributed by atoms with Gasteiger partial charge >= 0.3 is 6.03 Å². The Bertz CT molecular complexity index is 404. The van der Waals surface area contributed by atoms with E-state index in [0.29, 0.717) is 5.16 Å². The van der Waals surface area contributed by atoms with E-state index in [-0.39, 0.29) is 11.8 Å². The summed E-state index contributed by atoms with van der Waals surface area (Å²) in [6.45, 7) is 3.62. The van der Waals surface area contributed by atoms with Crippen LogP contribution in [0, 0.1) is 0 Å². The smallest absolute Gasteiger partial charge is 0.321 e. The Morgan fingerprint density at radius 3 is 2.71 bits per heavy atom. The highest BCUT2D eigenvalue weighted by Crippen LogP contribution is 2.10. The van der Waals surface area contributed by atoms with Crippen molar-refractivity contribution in [3.05, 3.63) is 0 Å². The molecule has 0 radical (unpaired) electrons. The maximum absolute atomic E-state index is 11.4. The molecule has 0 aliphatic rings. The molecule has 2 N–H and O–H groups in total. The summed E-state index contributed by atoms with van der Waals surface area (Å²) in [6, 6.07) is -0.514. The number of carbonyl (C=O) groups is 2. The minimum absolute atomic E-state index is 0.0154. The average molecular weight is 258 g/mol. The number of tetrazole rings is 1. The molecule has 0 aliphatic heterocycles. The molecule has 94 valence electrons. The van der Waals surface area contributed by atoms with Crippen molar-refractivity contribution in [3.8, 4) is 0 Å². The summed E-state index contributed by atoms with van der Waals surface area (Å²) in [4.78, 5) is 22.6. The lowest BCUT2D eigenvalue weighted by Crippen LogP contribution is -2.43. The van der Waals surface area contributed by atoms with Crippen LogP contribution >= 0.6 is 11.8 Å². The van der Waals surface area contributed by atoms with Crippen molar-refractivity contribution in [1.29, 1.82) is 0 Å². The van der Waals surface area contributed by atoms with Gasteiger partial charge in [0.15, 0.2) is 0 Å². The highest BCUT2D eigenvalue weighted by atomic mass is 32.2. The Morgan fingerprint density at radius 1 is 1.47 bits per heavy atom. The van der Waals surface area contributed by atoms with Crippen LogP contribution in [0.2, 0.25) is 0 Å². The third kappa shape index (κ3) is 4.81. The molecule has 8 nitrogen and oxygen atoms in total.